The Morgan fingerprint density at radius 2 is 2.20 bits per heavy atom. The molecule has 0 bridgehead atoms. The molecule has 0 radical (unpaired) electrons. The molecule has 3 nitrogen and oxygen atoms in total. The molecular weight excluding hydrogens is 208 g/mol. The number of thioether (sulfide) groups is 1. The fourth-order valence-corrected chi connectivity index (χ4v) is 2.42. The number of nitrogens with zero attached hydrogens (tertiary/aromatic N) is 1. The van der Waals surface area contributed by atoms with Crippen molar-refractivity contribution in [2.45, 2.75) is 45.3 Å². The van der Waals surface area contributed by atoms with Crippen LogP contribution in [-0.2, 0) is 4.79 Å². The SMILES string of the molecule is CCCC1NC(CC)N(CCSC)C1=O. The number of carbonyl (C=O) groups is 1. The van der Waals surface area contributed by atoms with Gasteiger partial charge in [-0.25, -0.2) is 0 Å². The van der Waals surface area contributed by atoms with Gasteiger partial charge in [-0.1, -0.05) is 20.3 Å². The highest BCUT2D eigenvalue weighted by Crippen LogP contribution is 2.17. The van der Waals surface area contributed by atoms with E-state index < -0.39 is 0 Å². The van der Waals surface area contributed by atoms with Crippen LogP contribution in [0.5, 0.6) is 0 Å². The van der Waals surface area contributed by atoms with Crippen molar-refractivity contribution in [3.63, 3.8) is 0 Å². The van der Waals surface area contributed by atoms with Crippen LogP contribution in [0, 0.1) is 0 Å². The maximum absolute atomic E-state index is 12.0. The van der Waals surface area contributed by atoms with Crippen LogP contribution in [0.2, 0.25) is 0 Å². The summed E-state index contributed by atoms with van der Waals surface area (Å²) in [7, 11) is 0. The van der Waals surface area contributed by atoms with Crippen molar-refractivity contribution in [1.29, 1.82) is 0 Å². The summed E-state index contributed by atoms with van der Waals surface area (Å²) in [6.45, 7) is 5.14. The number of rotatable bonds is 6. The standard InChI is InChI=1S/C11H22N2OS/c1-4-6-9-11(14)13(7-8-15-3)10(5-2)12-9/h9-10,12H,4-8H2,1-3H3. The molecule has 4 heteroatoms. The molecule has 1 amide bonds. The summed E-state index contributed by atoms with van der Waals surface area (Å²) in [5.41, 5.74) is 0. The minimum absolute atomic E-state index is 0.0711. The number of hydrogen-bond acceptors (Lipinski definition) is 3. The monoisotopic (exact) mass is 230 g/mol. The molecule has 1 aliphatic heterocycles. The van der Waals surface area contributed by atoms with Crippen LogP contribution in [0.25, 0.3) is 0 Å². The predicted octanol–water partition coefficient (Wildman–Crippen LogP) is 1.69. The Balaban J connectivity index is 2.55. The third-order valence-corrected chi connectivity index (χ3v) is 3.44. The molecule has 1 N–H and O–H groups in total. The minimum atomic E-state index is 0.0711. The van der Waals surface area contributed by atoms with Crippen molar-refractivity contribution in [2.24, 2.45) is 0 Å². The van der Waals surface area contributed by atoms with E-state index in [-0.39, 0.29) is 12.2 Å². The van der Waals surface area contributed by atoms with Gasteiger partial charge in [-0.15, -0.1) is 0 Å². The summed E-state index contributed by atoms with van der Waals surface area (Å²) >= 11 is 1.80. The summed E-state index contributed by atoms with van der Waals surface area (Å²) in [5.74, 6) is 1.33. The topological polar surface area (TPSA) is 32.3 Å². The van der Waals surface area contributed by atoms with E-state index in [4.69, 9.17) is 0 Å². The molecular formula is C11H22N2OS. The van der Waals surface area contributed by atoms with Crippen molar-refractivity contribution < 1.29 is 4.79 Å². The Kier molecular flexibility index (Phi) is 5.47. The highest BCUT2D eigenvalue weighted by atomic mass is 32.2. The molecule has 0 aromatic carbocycles. The largest absolute Gasteiger partial charge is 0.325 e. The van der Waals surface area contributed by atoms with Gasteiger partial charge in [0.1, 0.15) is 0 Å². The van der Waals surface area contributed by atoms with Crippen molar-refractivity contribution >= 4 is 17.7 Å². The quantitative estimate of drug-likeness (QED) is 0.753. The zero-order chi connectivity index (χ0) is 11.3. The number of nitrogens with one attached hydrogen (secondary N) is 1. The van der Waals surface area contributed by atoms with Gasteiger partial charge in [0.2, 0.25) is 5.91 Å². The lowest BCUT2D eigenvalue weighted by Gasteiger charge is -2.22. The maximum atomic E-state index is 12.0. The van der Waals surface area contributed by atoms with Crippen molar-refractivity contribution in [1.82, 2.24) is 10.2 Å². The van der Waals surface area contributed by atoms with Crippen LogP contribution < -0.4 is 5.32 Å². The number of carbonyl (C=O) groups excluding carboxylic acids is 1. The second-order valence-electron chi connectivity index (χ2n) is 3.96. The first-order valence-corrected chi connectivity index (χ1v) is 7.19. The predicted molar refractivity (Wildman–Crippen MR) is 66.0 cm³/mol. The van der Waals surface area contributed by atoms with Gasteiger partial charge in [0.25, 0.3) is 0 Å². The second-order valence-corrected chi connectivity index (χ2v) is 4.94. The molecule has 0 saturated carbocycles. The van der Waals surface area contributed by atoms with Gasteiger partial charge >= 0.3 is 0 Å². The molecule has 1 saturated heterocycles. The third kappa shape index (κ3) is 3.11. The van der Waals surface area contributed by atoms with Gasteiger partial charge in [0.05, 0.1) is 12.2 Å². The zero-order valence-corrected chi connectivity index (χ0v) is 10.8. The van der Waals surface area contributed by atoms with Gasteiger partial charge in [-0.05, 0) is 19.1 Å². The average Bonchev–Trinajstić information content (AvgIpc) is 2.54. The molecule has 0 aliphatic carbocycles. The van der Waals surface area contributed by atoms with Gasteiger partial charge in [-0.3, -0.25) is 10.1 Å². The van der Waals surface area contributed by atoms with Gasteiger partial charge < -0.3 is 4.90 Å². The lowest BCUT2D eigenvalue weighted by atomic mass is 10.2. The smallest absolute Gasteiger partial charge is 0.241 e. The lowest BCUT2D eigenvalue weighted by molar-refractivity contribution is -0.129. The summed E-state index contributed by atoms with van der Waals surface area (Å²) in [6, 6.07) is 0.0711. The first-order chi connectivity index (χ1) is 7.24. The van der Waals surface area contributed by atoms with E-state index in [2.05, 4.69) is 25.4 Å². The molecule has 1 aliphatic rings. The van der Waals surface area contributed by atoms with E-state index in [9.17, 15) is 4.79 Å². The fraction of sp³-hybridized carbons (Fsp3) is 0.909. The molecule has 0 aromatic rings. The van der Waals surface area contributed by atoms with E-state index in [1.165, 1.54) is 0 Å². The normalized spacial score (nSPS) is 26.3. The molecule has 0 spiro atoms. The Morgan fingerprint density at radius 1 is 1.47 bits per heavy atom. The molecule has 2 unspecified atom stereocenters. The van der Waals surface area contributed by atoms with E-state index >= 15 is 0 Å². The van der Waals surface area contributed by atoms with E-state index in [1.54, 1.807) is 11.8 Å². The van der Waals surface area contributed by atoms with E-state index in [0.29, 0.717) is 5.91 Å². The Hall–Kier alpha value is -0.220. The van der Waals surface area contributed by atoms with Crippen LogP contribution in [0.1, 0.15) is 33.1 Å². The highest BCUT2D eigenvalue weighted by Gasteiger charge is 2.36. The van der Waals surface area contributed by atoms with E-state index in [1.807, 2.05) is 4.90 Å². The summed E-state index contributed by atoms with van der Waals surface area (Å²) in [4.78, 5) is 14.0. The summed E-state index contributed by atoms with van der Waals surface area (Å²) in [6.07, 6.45) is 5.38. The Bertz CT molecular complexity index is 211. The molecule has 88 valence electrons. The second kappa shape index (κ2) is 6.38. The third-order valence-electron chi connectivity index (χ3n) is 2.85. The molecule has 1 rings (SSSR count). The van der Waals surface area contributed by atoms with Gasteiger partial charge in [-0.2, -0.15) is 11.8 Å². The van der Waals surface area contributed by atoms with Crippen LogP contribution in [-0.4, -0.2) is 41.6 Å². The Morgan fingerprint density at radius 3 is 2.73 bits per heavy atom. The first kappa shape index (κ1) is 12.8. The molecule has 15 heavy (non-hydrogen) atoms. The van der Waals surface area contributed by atoms with Gasteiger partial charge in [0, 0.05) is 12.3 Å². The lowest BCUT2D eigenvalue weighted by Crippen LogP contribution is -2.38. The number of hydrogen-bond donors (Lipinski definition) is 1. The van der Waals surface area contributed by atoms with Crippen LogP contribution in [0.4, 0.5) is 0 Å². The highest BCUT2D eigenvalue weighted by molar-refractivity contribution is 7.98. The molecule has 0 aromatic heterocycles. The van der Waals surface area contributed by atoms with Crippen molar-refractivity contribution in [3.8, 4) is 0 Å². The summed E-state index contributed by atoms with van der Waals surface area (Å²) in [5, 5.41) is 3.42. The fourth-order valence-electron chi connectivity index (χ4n) is 2.04. The molecule has 1 fully saturated rings. The number of amides is 1. The molecule has 1 heterocycles. The maximum Gasteiger partial charge on any atom is 0.241 e. The van der Waals surface area contributed by atoms with E-state index in [0.717, 1.165) is 31.6 Å². The Labute approximate surface area is 97.0 Å². The van der Waals surface area contributed by atoms with Crippen LogP contribution >= 0.6 is 11.8 Å². The van der Waals surface area contributed by atoms with Crippen LogP contribution in [0.15, 0.2) is 0 Å². The van der Waals surface area contributed by atoms with Gasteiger partial charge in [0.15, 0.2) is 0 Å². The minimum Gasteiger partial charge on any atom is -0.325 e. The zero-order valence-electron chi connectivity index (χ0n) is 9.95. The summed E-state index contributed by atoms with van der Waals surface area (Å²) < 4.78 is 0. The van der Waals surface area contributed by atoms with Crippen molar-refractivity contribution in [3.05, 3.63) is 0 Å². The molecule has 2 atom stereocenters. The van der Waals surface area contributed by atoms with Crippen LogP contribution in [0.3, 0.4) is 0 Å². The average molecular weight is 230 g/mol. The first-order valence-electron chi connectivity index (χ1n) is 5.80. The van der Waals surface area contributed by atoms with Crippen molar-refractivity contribution in [2.75, 3.05) is 18.6 Å².